The van der Waals surface area contributed by atoms with Gasteiger partial charge >= 0.3 is 6.18 Å². The van der Waals surface area contributed by atoms with Crippen molar-refractivity contribution in [3.05, 3.63) is 87.0 Å². The number of nitrogens with one attached hydrogen (secondary N) is 1. The van der Waals surface area contributed by atoms with Gasteiger partial charge in [-0.1, -0.05) is 6.07 Å². The van der Waals surface area contributed by atoms with Crippen molar-refractivity contribution in [2.24, 2.45) is 0 Å². The first-order valence-electron chi connectivity index (χ1n) is 13.8. The van der Waals surface area contributed by atoms with E-state index < -0.39 is 17.6 Å². The zero-order valence-corrected chi connectivity index (χ0v) is 24.1. The fourth-order valence-electron chi connectivity index (χ4n) is 5.80. The molecule has 220 valence electrons. The van der Waals surface area contributed by atoms with Gasteiger partial charge in [-0.3, -0.25) is 18.9 Å². The minimum atomic E-state index is -4.54. The Kier molecular flexibility index (Phi) is 7.54. The van der Waals surface area contributed by atoms with Crippen LogP contribution in [0.25, 0.3) is 5.65 Å². The SMILES string of the molecule is CN(C)[C@@H]1CCN(Cc2cc(NC(=O)c3csc4c3CCN(C(=O)c3cnc5ccccn35)C4)cc(C(F)(F)F)c2)C1. The number of amides is 2. The molecular formula is C30H31F3N6O2S. The Labute approximate surface area is 245 Å². The number of alkyl halides is 3. The molecule has 0 saturated carbocycles. The van der Waals surface area contributed by atoms with Gasteiger partial charge in [-0.05, 0) is 68.4 Å². The van der Waals surface area contributed by atoms with Crippen LogP contribution in [0.2, 0.25) is 0 Å². The van der Waals surface area contributed by atoms with Crippen LogP contribution in [0, 0.1) is 0 Å². The van der Waals surface area contributed by atoms with E-state index >= 15 is 0 Å². The molecule has 42 heavy (non-hydrogen) atoms. The topological polar surface area (TPSA) is 73.2 Å². The molecule has 0 spiro atoms. The summed E-state index contributed by atoms with van der Waals surface area (Å²) >= 11 is 1.38. The lowest BCUT2D eigenvalue weighted by Crippen LogP contribution is -2.36. The van der Waals surface area contributed by atoms with Crippen molar-refractivity contribution < 1.29 is 22.8 Å². The molecule has 0 bridgehead atoms. The monoisotopic (exact) mass is 596 g/mol. The summed E-state index contributed by atoms with van der Waals surface area (Å²) in [6, 6.07) is 9.68. The van der Waals surface area contributed by atoms with Crippen molar-refractivity contribution in [2.75, 3.05) is 39.0 Å². The highest BCUT2D eigenvalue weighted by Gasteiger charge is 2.33. The van der Waals surface area contributed by atoms with Crippen LogP contribution in [0.15, 0.2) is 54.2 Å². The van der Waals surface area contributed by atoms with Crippen molar-refractivity contribution in [3.63, 3.8) is 0 Å². The van der Waals surface area contributed by atoms with Gasteiger partial charge in [-0.25, -0.2) is 4.98 Å². The molecule has 12 heteroatoms. The molecule has 1 aromatic carbocycles. The van der Waals surface area contributed by atoms with Crippen LogP contribution in [0.4, 0.5) is 18.9 Å². The first kappa shape index (κ1) is 28.4. The van der Waals surface area contributed by atoms with Crippen molar-refractivity contribution >= 4 is 34.5 Å². The fraction of sp³-hybridized carbons (Fsp3) is 0.367. The quantitative estimate of drug-likeness (QED) is 0.339. The Morgan fingerprint density at radius 3 is 2.76 bits per heavy atom. The Morgan fingerprint density at radius 1 is 1.17 bits per heavy atom. The van der Waals surface area contributed by atoms with Gasteiger partial charge in [-0.2, -0.15) is 13.2 Å². The van der Waals surface area contributed by atoms with E-state index in [9.17, 15) is 22.8 Å². The van der Waals surface area contributed by atoms with E-state index in [1.807, 2.05) is 32.3 Å². The fourth-order valence-corrected chi connectivity index (χ4v) is 6.89. The highest BCUT2D eigenvalue weighted by molar-refractivity contribution is 7.10. The van der Waals surface area contributed by atoms with E-state index in [1.165, 1.54) is 17.4 Å². The highest BCUT2D eigenvalue weighted by Crippen LogP contribution is 2.34. The second-order valence-corrected chi connectivity index (χ2v) is 12.1. The van der Waals surface area contributed by atoms with E-state index in [2.05, 4.69) is 20.1 Å². The summed E-state index contributed by atoms with van der Waals surface area (Å²) in [5, 5.41) is 4.45. The molecule has 2 aliphatic rings. The zero-order valence-electron chi connectivity index (χ0n) is 23.3. The number of likely N-dealkylation sites (N-methyl/N-ethyl adjacent to an activating group) is 1. The molecule has 1 saturated heterocycles. The molecule has 1 fully saturated rings. The lowest BCUT2D eigenvalue weighted by molar-refractivity contribution is -0.137. The number of benzene rings is 1. The molecule has 5 heterocycles. The molecule has 3 aromatic heterocycles. The number of thiophene rings is 1. The number of pyridine rings is 1. The van der Waals surface area contributed by atoms with Crippen LogP contribution in [-0.4, -0.2) is 75.7 Å². The summed E-state index contributed by atoms with van der Waals surface area (Å²) in [6.45, 7) is 2.73. The summed E-state index contributed by atoms with van der Waals surface area (Å²) in [5.41, 5.74) is 2.26. The van der Waals surface area contributed by atoms with Gasteiger partial charge in [0.25, 0.3) is 11.8 Å². The highest BCUT2D eigenvalue weighted by atomic mass is 32.1. The third-order valence-electron chi connectivity index (χ3n) is 8.08. The third-order valence-corrected chi connectivity index (χ3v) is 9.09. The van der Waals surface area contributed by atoms with Gasteiger partial charge in [0.05, 0.1) is 23.9 Å². The van der Waals surface area contributed by atoms with Crippen molar-refractivity contribution in [3.8, 4) is 0 Å². The number of carbonyl (C=O) groups is 2. The van der Waals surface area contributed by atoms with Crippen LogP contribution in [-0.2, 0) is 25.7 Å². The van der Waals surface area contributed by atoms with E-state index in [4.69, 9.17) is 0 Å². The van der Waals surface area contributed by atoms with E-state index in [-0.39, 0.29) is 11.6 Å². The van der Waals surface area contributed by atoms with Crippen LogP contribution in [0.3, 0.4) is 0 Å². The number of carbonyl (C=O) groups excluding carboxylic acids is 2. The summed E-state index contributed by atoms with van der Waals surface area (Å²) in [6.07, 6.45) is 0.253. The number of nitrogens with zero attached hydrogens (tertiary/aromatic N) is 5. The first-order chi connectivity index (χ1) is 20.1. The summed E-state index contributed by atoms with van der Waals surface area (Å²) in [7, 11) is 4.01. The molecule has 2 amide bonds. The number of halogens is 3. The Bertz CT molecular complexity index is 1650. The zero-order chi connectivity index (χ0) is 29.6. The Hall–Kier alpha value is -3.74. The summed E-state index contributed by atoms with van der Waals surface area (Å²) in [5.74, 6) is -0.599. The number of anilines is 1. The van der Waals surface area contributed by atoms with E-state index in [1.54, 1.807) is 33.1 Å². The minimum absolute atomic E-state index is 0.119. The molecule has 0 unspecified atom stereocenters. The van der Waals surface area contributed by atoms with Crippen LogP contribution in [0.5, 0.6) is 0 Å². The molecule has 1 atom stereocenters. The molecule has 2 aliphatic heterocycles. The number of hydrogen-bond donors (Lipinski definition) is 1. The van der Waals surface area contributed by atoms with Gasteiger partial charge in [0.1, 0.15) is 11.3 Å². The summed E-state index contributed by atoms with van der Waals surface area (Å²) in [4.78, 5) is 37.8. The largest absolute Gasteiger partial charge is 0.416 e. The molecule has 1 N–H and O–H groups in total. The molecule has 4 aromatic rings. The lowest BCUT2D eigenvalue weighted by atomic mass is 10.0. The van der Waals surface area contributed by atoms with Gasteiger partial charge in [0, 0.05) is 54.4 Å². The third kappa shape index (κ3) is 5.66. The van der Waals surface area contributed by atoms with Crippen LogP contribution >= 0.6 is 11.3 Å². The number of aromatic nitrogens is 2. The number of hydrogen-bond acceptors (Lipinski definition) is 6. The number of rotatable bonds is 6. The molecule has 0 aliphatic carbocycles. The second-order valence-electron chi connectivity index (χ2n) is 11.1. The maximum atomic E-state index is 13.8. The average Bonchev–Trinajstić information content (AvgIpc) is 3.70. The molecule has 0 radical (unpaired) electrons. The number of likely N-dealkylation sites (tertiary alicyclic amines) is 1. The van der Waals surface area contributed by atoms with E-state index in [0.29, 0.717) is 54.6 Å². The minimum Gasteiger partial charge on any atom is -0.332 e. The first-order valence-corrected chi connectivity index (χ1v) is 14.7. The maximum Gasteiger partial charge on any atom is 0.416 e. The van der Waals surface area contributed by atoms with Gasteiger partial charge < -0.3 is 15.1 Å². The van der Waals surface area contributed by atoms with Gasteiger partial charge in [0.15, 0.2) is 0 Å². The predicted molar refractivity (Wildman–Crippen MR) is 155 cm³/mol. The van der Waals surface area contributed by atoms with Crippen molar-refractivity contribution in [1.82, 2.24) is 24.1 Å². The standard InChI is InChI=1S/C30H31F3N6O2S/c1-36(2)22-6-9-37(16-22)15-19-11-20(30(31,32)33)13-21(12-19)35-28(40)24-18-42-26-17-38(10-7-23(24)26)29(41)25-14-34-27-5-3-4-8-39(25)27/h3-5,8,11-14,18,22H,6-7,9-10,15-17H2,1-2H3,(H,35,40)/t22-/m1/s1. The summed E-state index contributed by atoms with van der Waals surface area (Å²) < 4.78 is 43.1. The van der Waals surface area contributed by atoms with E-state index in [0.717, 1.165) is 36.0 Å². The second kappa shape index (κ2) is 11.2. The average molecular weight is 597 g/mol. The molecule has 6 rings (SSSR count). The Morgan fingerprint density at radius 2 is 2.00 bits per heavy atom. The number of imidazole rings is 1. The number of fused-ring (bicyclic) bond motifs is 2. The lowest BCUT2D eigenvalue weighted by Gasteiger charge is -2.27. The van der Waals surface area contributed by atoms with Crippen molar-refractivity contribution in [2.45, 2.75) is 38.1 Å². The normalized spacial score (nSPS) is 17.7. The maximum absolute atomic E-state index is 13.8. The van der Waals surface area contributed by atoms with Gasteiger partial charge in [0.2, 0.25) is 0 Å². The van der Waals surface area contributed by atoms with Crippen LogP contribution < -0.4 is 5.32 Å². The Balaban J connectivity index is 1.18. The van der Waals surface area contributed by atoms with Gasteiger partial charge in [-0.15, -0.1) is 11.3 Å². The molecule has 8 nitrogen and oxygen atoms in total. The van der Waals surface area contributed by atoms with Crippen molar-refractivity contribution in [1.29, 1.82) is 0 Å². The predicted octanol–water partition coefficient (Wildman–Crippen LogP) is 5.00. The van der Waals surface area contributed by atoms with Crippen LogP contribution in [0.1, 0.15) is 48.8 Å². The molecular weight excluding hydrogens is 565 g/mol. The smallest absolute Gasteiger partial charge is 0.332 e.